The van der Waals surface area contributed by atoms with Crippen molar-refractivity contribution in [2.45, 2.75) is 71.6 Å². The molecule has 2 aromatic rings. The lowest BCUT2D eigenvalue weighted by atomic mass is 9.84. The van der Waals surface area contributed by atoms with Crippen LogP contribution in [0.15, 0.2) is 30.5 Å². The number of rotatable bonds is 7. The summed E-state index contributed by atoms with van der Waals surface area (Å²) in [6, 6.07) is 8.85. The number of aromatic nitrogens is 2. The maximum absolute atomic E-state index is 4.87. The fourth-order valence-corrected chi connectivity index (χ4v) is 3.78. The second-order valence-corrected chi connectivity index (χ2v) is 7.22. The van der Waals surface area contributed by atoms with Crippen molar-refractivity contribution in [1.82, 2.24) is 9.97 Å². The molecule has 0 N–H and O–H groups in total. The van der Waals surface area contributed by atoms with Gasteiger partial charge in [-0.1, -0.05) is 63.8 Å². The monoisotopic (exact) mass is 322 g/mol. The molecule has 1 aromatic heterocycles. The van der Waals surface area contributed by atoms with Gasteiger partial charge >= 0.3 is 0 Å². The molecule has 2 nitrogen and oxygen atoms in total. The Morgan fingerprint density at radius 3 is 2.62 bits per heavy atom. The molecule has 0 radical (unpaired) electrons. The number of nitrogens with zero attached hydrogens (tertiary/aromatic N) is 2. The maximum Gasteiger partial charge on any atom is 0.159 e. The van der Waals surface area contributed by atoms with Crippen LogP contribution in [0.2, 0.25) is 0 Å². The van der Waals surface area contributed by atoms with Crippen LogP contribution >= 0.6 is 0 Å². The molecule has 1 heterocycles. The Balaban J connectivity index is 1.69. The van der Waals surface area contributed by atoms with Gasteiger partial charge in [0.25, 0.3) is 0 Å². The number of aryl methyl sites for hydroxylation is 2. The first kappa shape index (κ1) is 17.1. The van der Waals surface area contributed by atoms with Gasteiger partial charge in [-0.3, -0.25) is 0 Å². The van der Waals surface area contributed by atoms with Crippen LogP contribution in [0.3, 0.4) is 0 Å². The van der Waals surface area contributed by atoms with Gasteiger partial charge in [0.2, 0.25) is 0 Å². The quantitative estimate of drug-likeness (QED) is 0.604. The normalized spacial score (nSPS) is 16.8. The van der Waals surface area contributed by atoms with Crippen LogP contribution in [0.25, 0.3) is 11.4 Å². The van der Waals surface area contributed by atoms with E-state index in [-0.39, 0.29) is 0 Å². The van der Waals surface area contributed by atoms with Gasteiger partial charge in [-0.25, -0.2) is 9.97 Å². The fraction of sp³-hybridized carbons (Fsp3) is 0.545. The van der Waals surface area contributed by atoms with Crippen molar-refractivity contribution in [3.05, 3.63) is 47.3 Å². The minimum atomic E-state index is 0.833. The standard InChI is InChI=1S/C22H30N2/c1-3-5-6-8-17-9-12-19(13-10-17)22-23-16-20-15-18(7-4-2)11-14-21(20)24-22/h9-10,12-13,16,18H,3-8,11,14-15H2,1-2H3. The average molecular weight is 322 g/mol. The van der Waals surface area contributed by atoms with Crippen molar-refractivity contribution in [3.63, 3.8) is 0 Å². The fourth-order valence-electron chi connectivity index (χ4n) is 3.78. The van der Waals surface area contributed by atoms with E-state index in [1.54, 1.807) is 0 Å². The first-order chi connectivity index (χ1) is 11.8. The molecule has 1 unspecified atom stereocenters. The maximum atomic E-state index is 4.87. The average Bonchev–Trinajstić information content (AvgIpc) is 2.62. The van der Waals surface area contributed by atoms with Crippen molar-refractivity contribution in [2.75, 3.05) is 0 Å². The van der Waals surface area contributed by atoms with Crippen LogP contribution in [0.4, 0.5) is 0 Å². The van der Waals surface area contributed by atoms with Gasteiger partial charge in [0.1, 0.15) is 0 Å². The molecular formula is C22H30N2. The Labute approximate surface area is 146 Å². The number of fused-ring (bicyclic) bond motifs is 1. The molecule has 0 saturated carbocycles. The largest absolute Gasteiger partial charge is 0.236 e. The molecule has 24 heavy (non-hydrogen) atoms. The molecule has 0 amide bonds. The van der Waals surface area contributed by atoms with Crippen LogP contribution in [-0.4, -0.2) is 9.97 Å². The molecule has 0 aliphatic heterocycles. The van der Waals surface area contributed by atoms with Crippen LogP contribution in [-0.2, 0) is 19.3 Å². The second-order valence-electron chi connectivity index (χ2n) is 7.22. The molecule has 0 saturated heterocycles. The molecule has 0 bridgehead atoms. The van der Waals surface area contributed by atoms with Crippen molar-refractivity contribution in [1.29, 1.82) is 0 Å². The molecule has 1 atom stereocenters. The van der Waals surface area contributed by atoms with Crippen molar-refractivity contribution in [3.8, 4) is 11.4 Å². The van der Waals surface area contributed by atoms with E-state index < -0.39 is 0 Å². The SMILES string of the molecule is CCCCCc1ccc(-c2ncc3c(n2)CCC(CCC)C3)cc1. The highest BCUT2D eigenvalue weighted by Crippen LogP contribution is 2.28. The minimum Gasteiger partial charge on any atom is -0.236 e. The zero-order chi connectivity index (χ0) is 16.8. The summed E-state index contributed by atoms with van der Waals surface area (Å²) in [5.74, 6) is 1.72. The molecular weight excluding hydrogens is 292 g/mol. The Kier molecular flexibility index (Phi) is 6.01. The molecule has 3 rings (SSSR count). The summed E-state index contributed by atoms with van der Waals surface area (Å²) in [7, 11) is 0. The van der Waals surface area contributed by atoms with Crippen molar-refractivity contribution >= 4 is 0 Å². The topological polar surface area (TPSA) is 25.8 Å². The summed E-state index contributed by atoms with van der Waals surface area (Å²) < 4.78 is 0. The zero-order valence-corrected chi connectivity index (χ0v) is 15.2. The van der Waals surface area contributed by atoms with Gasteiger partial charge < -0.3 is 0 Å². The highest BCUT2D eigenvalue weighted by molar-refractivity contribution is 5.55. The van der Waals surface area contributed by atoms with Crippen molar-refractivity contribution < 1.29 is 0 Å². The molecule has 1 aromatic carbocycles. The summed E-state index contributed by atoms with van der Waals surface area (Å²) >= 11 is 0. The van der Waals surface area contributed by atoms with Crippen LogP contribution in [0.5, 0.6) is 0 Å². The van der Waals surface area contributed by atoms with Gasteiger partial charge in [-0.2, -0.15) is 0 Å². The number of hydrogen-bond acceptors (Lipinski definition) is 2. The van der Waals surface area contributed by atoms with Gasteiger partial charge in [0.15, 0.2) is 5.82 Å². The molecule has 1 aliphatic rings. The third kappa shape index (κ3) is 4.23. The van der Waals surface area contributed by atoms with E-state index in [4.69, 9.17) is 4.98 Å². The Morgan fingerprint density at radius 1 is 1.04 bits per heavy atom. The van der Waals surface area contributed by atoms with Gasteiger partial charge in [0.05, 0.1) is 0 Å². The smallest absolute Gasteiger partial charge is 0.159 e. The Bertz CT molecular complexity index is 646. The van der Waals surface area contributed by atoms with E-state index >= 15 is 0 Å². The summed E-state index contributed by atoms with van der Waals surface area (Å²) in [6.45, 7) is 4.53. The zero-order valence-electron chi connectivity index (χ0n) is 15.2. The predicted octanol–water partition coefficient (Wildman–Crippen LogP) is 5.78. The van der Waals surface area contributed by atoms with E-state index in [2.05, 4.69) is 49.3 Å². The Hall–Kier alpha value is -1.70. The van der Waals surface area contributed by atoms with E-state index in [0.29, 0.717) is 0 Å². The molecule has 1 aliphatic carbocycles. The summed E-state index contributed by atoms with van der Waals surface area (Å²) in [5.41, 5.74) is 5.22. The second kappa shape index (κ2) is 8.41. The van der Waals surface area contributed by atoms with Crippen molar-refractivity contribution in [2.24, 2.45) is 5.92 Å². The Morgan fingerprint density at radius 2 is 1.88 bits per heavy atom. The third-order valence-electron chi connectivity index (χ3n) is 5.23. The lowest BCUT2D eigenvalue weighted by Crippen LogP contribution is -2.16. The number of unbranched alkanes of at least 4 members (excludes halogenated alkanes) is 2. The number of hydrogen-bond donors (Lipinski definition) is 0. The van der Waals surface area contributed by atoms with E-state index in [1.807, 2.05) is 0 Å². The van der Waals surface area contributed by atoms with Crippen LogP contribution in [0.1, 0.15) is 69.2 Å². The highest BCUT2D eigenvalue weighted by atomic mass is 14.9. The first-order valence-electron chi connectivity index (χ1n) is 9.74. The third-order valence-corrected chi connectivity index (χ3v) is 5.23. The summed E-state index contributed by atoms with van der Waals surface area (Å²) in [6.07, 6.45) is 13.3. The van der Waals surface area contributed by atoms with Gasteiger partial charge in [-0.05, 0) is 49.1 Å². The van der Waals surface area contributed by atoms with E-state index in [9.17, 15) is 0 Å². The lowest BCUT2D eigenvalue weighted by Gasteiger charge is -2.23. The van der Waals surface area contributed by atoms with Crippen LogP contribution in [0, 0.1) is 5.92 Å². The summed E-state index contributed by atoms with van der Waals surface area (Å²) in [5, 5.41) is 0. The molecule has 128 valence electrons. The van der Waals surface area contributed by atoms with Gasteiger partial charge in [0, 0.05) is 17.5 Å². The summed E-state index contributed by atoms with van der Waals surface area (Å²) in [4.78, 5) is 9.52. The van der Waals surface area contributed by atoms with Gasteiger partial charge in [-0.15, -0.1) is 0 Å². The number of benzene rings is 1. The molecule has 2 heteroatoms. The van der Waals surface area contributed by atoms with E-state index in [1.165, 1.54) is 68.2 Å². The first-order valence-corrected chi connectivity index (χ1v) is 9.74. The van der Waals surface area contributed by atoms with Crippen LogP contribution < -0.4 is 0 Å². The van der Waals surface area contributed by atoms with E-state index in [0.717, 1.165) is 23.7 Å². The minimum absolute atomic E-state index is 0.833. The lowest BCUT2D eigenvalue weighted by molar-refractivity contribution is 0.417. The molecule has 0 spiro atoms. The highest BCUT2D eigenvalue weighted by Gasteiger charge is 2.20. The predicted molar refractivity (Wildman–Crippen MR) is 101 cm³/mol. The molecule has 0 fully saturated rings.